The molecule has 1 aromatic carbocycles. The van der Waals surface area contributed by atoms with Crippen LogP contribution in [0.3, 0.4) is 0 Å². The third-order valence-corrected chi connectivity index (χ3v) is 2.19. The Hall–Kier alpha value is -1.22. The average molecular weight is 194 g/mol. The van der Waals surface area contributed by atoms with Crippen molar-refractivity contribution in [2.45, 2.75) is 13.0 Å². The number of rotatable bonds is 4. The first-order valence-corrected chi connectivity index (χ1v) is 4.78. The van der Waals surface area contributed by atoms with E-state index in [-0.39, 0.29) is 6.10 Å². The van der Waals surface area contributed by atoms with Crippen molar-refractivity contribution in [3.63, 3.8) is 0 Å². The smallest absolute Gasteiger partial charge is 0.166 e. The van der Waals surface area contributed by atoms with Crippen LogP contribution in [0.5, 0.6) is 11.5 Å². The quantitative estimate of drug-likeness (QED) is 0.688. The van der Waals surface area contributed by atoms with Crippen LogP contribution in [0.4, 0.5) is 0 Å². The number of epoxide rings is 1. The van der Waals surface area contributed by atoms with Gasteiger partial charge in [0.15, 0.2) is 11.5 Å². The van der Waals surface area contributed by atoms with Gasteiger partial charge >= 0.3 is 0 Å². The van der Waals surface area contributed by atoms with Crippen LogP contribution in [-0.4, -0.2) is 20.3 Å². The van der Waals surface area contributed by atoms with Gasteiger partial charge in [-0.15, -0.1) is 0 Å². The Morgan fingerprint density at radius 3 is 2.86 bits per heavy atom. The third kappa shape index (κ3) is 1.68. The molecule has 0 bridgehead atoms. The number of para-hydroxylation sites is 1. The minimum Gasteiger partial charge on any atom is -0.492 e. The fraction of sp³-hybridized carbons (Fsp3) is 0.455. The Kier molecular flexibility index (Phi) is 2.59. The zero-order valence-electron chi connectivity index (χ0n) is 8.45. The molecule has 0 aromatic heterocycles. The van der Waals surface area contributed by atoms with Gasteiger partial charge in [-0.25, -0.2) is 0 Å². The lowest BCUT2D eigenvalue weighted by Crippen LogP contribution is -1.98. The molecule has 0 N–H and O–H groups in total. The number of ether oxygens (including phenoxy) is 3. The molecule has 3 heteroatoms. The van der Waals surface area contributed by atoms with E-state index in [2.05, 4.69) is 0 Å². The summed E-state index contributed by atoms with van der Waals surface area (Å²) in [5, 5.41) is 0. The predicted molar refractivity (Wildman–Crippen MR) is 52.9 cm³/mol. The molecule has 76 valence electrons. The number of hydrogen-bond donors (Lipinski definition) is 0. The molecular formula is C11H14O3. The molecule has 0 radical (unpaired) electrons. The van der Waals surface area contributed by atoms with Crippen LogP contribution < -0.4 is 9.47 Å². The Bertz CT molecular complexity index is 318. The maximum atomic E-state index is 5.47. The molecule has 3 nitrogen and oxygen atoms in total. The van der Waals surface area contributed by atoms with Crippen LogP contribution in [0, 0.1) is 0 Å². The molecule has 0 aliphatic carbocycles. The molecule has 0 saturated carbocycles. The van der Waals surface area contributed by atoms with E-state index < -0.39 is 0 Å². The van der Waals surface area contributed by atoms with E-state index in [1.165, 1.54) is 0 Å². The van der Waals surface area contributed by atoms with Crippen molar-refractivity contribution in [3.8, 4) is 11.5 Å². The minimum atomic E-state index is 0.199. The maximum absolute atomic E-state index is 5.47. The summed E-state index contributed by atoms with van der Waals surface area (Å²) in [6.45, 7) is 3.39. The number of methoxy groups -OCH3 is 1. The van der Waals surface area contributed by atoms with E-state index in [9.17, 15) is 0 Å². The number of hydrogen-bond acceptors (Lipinski definition) is 3. The van der Waals surface area contributed by atoms with Gasteiger partial charge in [0.25, 0.3) is 0 Å². The summed E-state index contributed by atoms with van der Waals surface area (Å²) in [5.41, 5.74) is 1.08. The average Bonchev–Trinajstić information content (AvgIpc) is 3.01. The lowest BCUT2D eigenvalue weighted by molar-refractivity contribution is 0.306. The summed E-state index contributed by atoms with van der Waals surface area (Å²) in [5.74, 6) is 1.60. The van der Waals surface area contributed by atoms with Crippen molar-refractivity contribution in [2.75, 3.05) is 20.3 Å². The van der Waals surface area contributed by atoms with Crippen LogP contribution >= 0.6 is 0 Å². The first-order chi connectivity index (χ1) is 6.86. The maximum Gasteiger partial charge on any atom is 0.166 e. The van der Waals surface area contributed by atoms with Crippen LogP contribution in [0.15, 0.2) is 18.2 Å². The number of benzene rings is 1. The zero-order valence-corrected chi connectivity index (χ0v) is 8.45. The Balaban J connectivity index is 2.34. The van der Waals surface area contributed by atoms with Gasteiger partial charge in [0, 0.05) is 5.56 Å². The van der Waals surface area contributed by atoms with Crippen molar-refractivity contribution >= 4 is 0 Å². The summed E-state index contributed by atoms with van der Waals surface area (Å²) >= 11 is 0. The molecule has 1 fully saturated rings. The molecule has 0 amide bonds. The Labute approximate surface area is 83.6 Å². The lowest BCUT2D eigenvalue weighted by Gasteiger charge is -2.11. The van der Waals surface area contributed by atoms with Crippen molar-refractivity contribution < 1.29 is 14.2 Å². The summed E-state index contributed by atoms with van der Waals surface area (Å²) in [4.78, 5) is 0. The van der Waals surface area contributed by atoms with Gasteiger partial charge < -0.3 is 14.2 Å². The molecular weight excluding hydrogens is 180 g/mol. The SMILES string of the molecule is CCOc1cccc(C2CO2)c1OC. The van der Waals surface area contributed by atoms with Gasteiger partial charge in [-0.1, -0.05) is 12.1 Å². The summed E-state index contributed by atoms with van der Waals surface area (Å²) in [6, 6.07) is 5.89. The van der Waals surface area contributed by atoms with Crippen molar-refractivity contribution in [1.29, 1.82) is 0 Å². The molecule has 2 rings (SSSR count). The molecule has 1 saturated heterocycles. The second-order valence-electron chi connectivity index (χ2n) is 3.13. The monoisotopic (exact) mass is 194 g/mol. The highest BCUT2D eigenvalue weighted by atomic mass is 16.6. The summed E-state index contributed by atoms with van der Waals surface area (Å²) in [6.07, 6.45) is 0.199. The second-order valence-corrected chi connectivity index (χ2v) is 3.13. The van der Waals surface area contributed by atoms with Crippen molar-refractivity contribution in [3.05, 3.63) is 23.8 Å². The summed E-state index contributed by atoms with van der Waals surface area (Å²) in [7, 11) is 1.66. The molecule has 1 atom stereocenters. The molecule has 1 unspecified atom stereocenters. The van der Waals surface area contributed by atoms with Crippen LogP contribution in [0.2, 0.25) is 0 Å². The highest BCUT2D eigenvalue weighted by Crippen LogP contribution is 2.41. The predicted octanol–water partition coefficient (Wildman–Crippen LogP) is 2.17. The van der Waals surface area contributed by atoms with Gasteiger partial charge in [-0.3, -0.25) is 0 Å². The zero-order chi connectivity index (χ0) is 9.97. The van der Waals surface area contributed by atoms with E-state index in [1.807, 2.05) is 25.1 Å². The normalized spacial score (nSPS) is 19.1. The Morgan fingerprint density at radius 1 is 1.50 bits per heavy atom. The topological polar surface area (TPSA) is 31.0 Å². The molecule has 0 spiro atoms. The van der Waals surface area contributed by atoms with E-state index in [0.717, 1.165) is 23.7 Å². The van der Waals surface area contributed by atoms with Gasteiger partial charge in [-0.05, 0) is 13.0 Å². The third-order valence-electron chi connectivity index (χ3n) is 2.19. The van der Waals surface area contributed by atoms with E-state index in [1.54, 1.807) is 7.11 Å². The summed E-state index contributed by atoms with van der Waals surface area (Å²) < 4.78 is 16.0. The van der Waals surface area contributed by atoms with Crippen molar-refractivity contribution in [2.24, 2.45) is 0 Å². The first kappa shape index (κ1) is 9.34. The first-order valence-electron chi connectivity index (χ1n) is 4.78. The van der Waals surface area contributed by atoms with Gasteiger partial charge in [-0.2, -0.15) is 0 Å². The van der Waals surface area contributed by atoms with Crippen LogP contribution in [0.25, 0.3) is 0 Å². The largest absolute Gasteiger partial charge is 0.492 e. The second kappa shape index (κ2) is 3.88. The van der Waals surface area contributed by atoms with Crippen LogP contribution in [0.1, 0.15) is 18.6 Å². The molecule has 1 aromatic rings. The highest BCUT2D eigenvalue weighted by Gasteiger charge is 2.29. The molecule has 14 heavy (non-hydrogen) atoms. The van der Waals surface area contributed by atoms with Crippen molar-refractivity contribution in [1.82, 2.24) is 0 Å². The fourth-order valence-corrected chi connectivity index (χ4v) is 1.50. The van der Waals surface area contributed by atoms with Gasteiger partial charge in [0.05, 0.1) is 20.3 Å². The fourth-order valence-electron chi connectivity index (χ4n) is 1.50. The molecule has 1 heterocycles. The standard InChI is InChI=1S/C11H14O3/c1-3-13-9-6-4-5-8(10-7-14-10)11(9)12-2/h4-6,10H,3,7H2,1-2H3. The van der Waals surface area contributed by atoms with E-state index in [0.29, 0.717) is 6.61 Å². The Morgan fingerprint density at radius 2 is 2.29 bits per heavy atom. The lowest BCUT2D eigenvalue weighted by atomic mass is 10.1. The van der Waals surface area contributed by atoms with E-state index >= 15 is 0 Å². The van der Waals surface area contributed by atoms with Crippen LogP contribution in [-0.2, 0) is 4.74 Å². The minimum absolute atomic E-state index is 0.199. The molecule has 1 aliphatic heterocycles. The van der Waals surface area contributed by atoms with E-state index in [4.69, 9.17) is 14.2 Å². The van der Waals surface area contributed by atoms with Gasteiger partial charge in [0.2, 0.25) is 0 Å². The van der Waals surface area contributed by atoms with Gasteiger partial charge in [0.1, 0.15) is 6.10 Å². The highest BCUT2D eigenvalue weighted by molar-refractivity contribution is 5.48. The molecule has 1 aliphatic rings.